The minimum atomic E-state index is -0.129. The highest BCUT2D eigenvalue weighted by atomic mass is 16.2. The van der Waals surface area contributed by atoms with Gasteiger partial charge in [0.05, 0.1) is 11.4 Å². The molecular weight excluding hydrogens is 414 g/mol. The van der Waals surface area contributed by atoms with Crippen LogP contribution < -0.4 is 15.5 Å². The summed E-state index contributed by atoms with van der Waals surface area (Å²) in [5.41, 5.74) is 4.48. The second-order valence-electron chi connectivity index (χ2n) is 8.52. The normalized spacial score (nSPS) is 14.2. The number of nitrogens with one attached hydrogen (secondary N) is 2. The van der Waals surface area contributed by atoms with E-state index in [4.69, 9.17) is 5.10 Å². The summed E-state index contributed by atoms with van der Waals surface area (Å²) < 4.78 is 1.89. The quantitative estimate of drug-likeness (QED) is 0.583. The largest absolute Gasteiger partial charge is 0.355 e. The van der Waals surface area contributed by atoms with E-state index in [9.17, 15) is 9.59 Å². The second kappa shape index (κ2) is 9.90. The first-order valence-electron chi connectivity index (χ1n) is 11.5. The van der Waals surface area contributed by atoms with E-state index in [2.05, 4.69) is 28.5 Å². The molecule has 1 aliphatic rings. The van der Waals surface area contributed by atoms with E-state index >= 15 is 0 Å². The van der Waals surface area contributed by atoms with Gasteiger partial charge < -0.3 is 15.5 Å². The van der Waals surface area contributed by atoms with Gasteiger partial charge in [0.15, 0.2) is 5.82 Å². The topological polar surface area (TPSA) is 79.3 Å². The second-order valence-corrected chi connectivity index (χ2v) is 8.52. The Morgan fingerprint density at radius 2 is 1.76 bits per heavy atom. The number of rotatable bonds is 6. The van der Waals surface area contributed by atoms with Gasteiger partial charge in [-0.2, -0.15) is 5.10 Å². The predicted molar refractivity (Wildman–Crippen MR) is 132 cm³/mol. The van der Waals surface area contributed by atoms with Crippen molar-refractivity contribution < 1.29 is 9.59 Å². The molecule has 2 heterocycles. The van der Waals surface area contributed by atoms with E-state index < -0.39 is 0 Å². The van der Waals surface area contributed by atoms with E-state index in [1.54, 1.807) is 0 Å². The number of carbonyl (C=O) groups excluding carboxylic acids is 2. The van der Waals surface area contributed by atoms with E-state index in [0.29, 0.717) is 13.1 Å². The van der Waals surface area contributed by atoms with Crippen molar-refractivity contribution in [2.24, 2.45) is 5.92 Å². The molecule has 7 nitrogen and oxygen atoms in total. The fraction of sp³-hybridized carbons (Fsp3) is 0.346. The van der Waals surface area contributed by atoms with Crippen molar-refractivity contribution in [3.63, 3.8) is 0 Å². The highest BCUT2D eigenvalue weighted by Crippen LogP contribution is 2.35. The fourth-order valence-corrected chi connectivity index (χ4v) is 4.35. The maximum atomic E-state index is 12.9. The molecule has 1 saturated heterocycles. The number of aromatic nitrogens is 2. The molecule has 1 aromatic heterocycles. The Labute approximate surface area is 194 Å². The summed E-state index contributed by atoms with van der Waals surface area (Å²) >= 11 is 0. The number of hydrogen-bond acceptors (Lipinski definition) is 4. The summed E-state index contributed by atoms with van der Waals surface area (Å²) in [4.78, 5) is 27.0. The van der Waals surface area contributed by atoms with Crippen LogP contribution in [-0.2, 0) is 16.0 Å². The lowest BCUT2D eigenvalue weighted by Crippen LogP contribution is -2.39. The average Bonchev–Trinajstić information content (AvgIpc) is 3.15. The molecule has 7 heteroatoms. The van der Waals surface area contributed by atoms with Crippen molar-refractivity contribution in [2.45, 2.75) is 40.0 Å². The number of piperidine rings is 1. The smallest absolute Gasteiger partial charge is 0.227 e. The number of nitrogens with zero attached hydrogens (tertiary/aromatic N) is 3. The van der Waals surface area contributed by atoms with Gasteiger partial charge in [0.25, 0.3) is 0 Å². The van der Waals surface area contributed by atoms with Crippen LogP contribution in [0.2, 0.25) is 0 Å². The van der Waals surface area contributed by atoms with Crippen LogP contribution >= 0.6 is 0 Å². The summed E-state index contributed by atoms with van der Waals surface area (Å²) in [5, 5.41) is 10.8. The zero-order valence-corrected chi connectivity index (χ0v) is 19.5. The van der Waals surface area contributed by atoms with Crippen molar-refractivity contribution in [1.29, 1.82) is 0 Å². The molecule has 0 aliphatic carbocycles. The van der Waals surface area contributed by atoms with Crippen LogP contribution in [0.3, 0.4) is 0 Å². The standard InChI is InChI=1S/C26H31N5O2/c1-4-20-9-8-10-22(17-20)28-25(33)21-13-15-30(16-14-21)26-24(27-19(3)32)18(2)29-31(26)23-11-6-5-7-12-23/h5-12,17,21H,4,13-16H2,1-3H3,(H,27,32)(H,28,33). The molecule has 0 radical (unpaired) electrons. The zero-order chi connectivity index (χ0) is 23.4. The Morgan fingerprint density at radius 3 is 2.42 bits per heavy atom. The van der Waals surface area contributed by atoms with Crippen LogP contribution in [0.4, 0.5) is 17.2 Å². The van der Waals surface area contributed by atoms with Crippen molar-refractivity contribution in [3.8, 4) is 5.69 Å². The first-order valence-corrected chi connectivity index (χ1v) is 11.5. The Morgan fingerprint density at radius 1 is 1.03 bits per heavy atom. The molecule has 2 aromatic carbocycles. The third kappa shape index (κ3) is 5.08. The number of amides is 2. The van der Waals surface area contributed by atoms with Gasteiger partial charge in [-0.15, -0.1) is 0 Å². The Hall–Kier alpha value is -3.61. The van der Waals surface area contributed by atoms with E-state index in [1.807, 2.05) is 60.1 Å². The molecular formula is C26H31N5O2. The van der Waals surface area contributed by atoms with Crippen LogP contribution in [0.5, 0.6) is 0 Å². The molecule has 0 atom stereocenters. The van der Waals surface area contributed by atoms with Crippen LogP contribution in [0.15, 0.2) is 54.6 Å². The zero-order valence-electron chi connectivity index (χ0n) is 19.5. The highest BCUT2D eigenvalue weighted by Gasteiger charge is 2.30. The van der Waals surface area contributed by atoms with Crippen molar-refractivity contribution in [1.82, 2.24) is 9.78 Å². The van der Waals surface area contributed by atoms with Gasteiger partial charge in [-0.3, -0.25) is 9.59 Å². The van der Waals surface area contributed by atoms with Crippen LogP contribution in [0.25, 0.3) is 5.69 Å². The maximum Gasteiger partial charge on any atom is 0.227 e. The van der Waals surface area contributed by atoms with E-state index in [1.165, 1.54) is 12.5 Å². The summed E-state index contributed by atoms with van der Waals surface area (Å²) in [7, 11) is 0. The monoisotopic (exact) mass is 445 g/mol. The van der Waals surface area contributed by atoms with Gasteiger partial charge in [0.1, 0.15) is 5.69 Å². The van der Waals surface area contributed by atoms with Gasteiger partial charge in [-0.25, -0.2) is 4.68 Å². The molecule has 1 fully saturated rings. The Balaban J connectivity index is 1.52. The van der Waals surface area contributed by atoms with Crippen LogP contribution in [-0.4, -0.2) is 34.7 Å². The fourth-order valence-electron chi connectivity index (χ4n) is 4.35. The van der Waals surface area contributed by atoms with E-state index in [0.717, 1.165) is 47.8 Å². The first kappa shape index (κ1) is 22.6. The minimum Gasteiger partial charge on any atom is -0.355 e. The molecule has 33 heavy (non-hydrogen) atoms. The molecule has 0 spiro atoms. The molecule has 3 aromatic rings. The van der Waals surface area contributed by atoms with Crippen molar-refractivity contribution in [3.05, 3.63) is 65.9 Å². The molecule has 2 amide bonds. The lowest BCUT2D eigenvalue weighted by molar-refractivity contribution is -0.120. The van der Waals surface area contributed by atoms with Crippen LogP contribution in [0.1, 0.15) is 37.9 Å². The summed E-state index contributed by atoms with van der Waals surface area (Å²) in [6, 6.07) is 17.9. The highest BCUT2D eigenvalue weighted by molar-refractivity contribution is 5.94. The van der Waals surface area contributed by atoms with Gasteiger partial charge in [0.2, 0.25) is 11.8 Å². The SMILES string of the molecule is CCc1cccc(NC(=O)C2CCN(c3c(NC(C)=O)c(C)nn3-c3ccccc3)CC2)c1. The minimum absolute atomic E-state index is 0.0510. The third-order valence-electron chi connectivity index (χ3n) is 6.11. The lowest BCUT2D eigenvalue weighted by atomic mass is 9.95. The van der Waals surface area contributed by atoms with Crippen molar-refractivity contribution >= 4 is 29.0 Å². The van der Waals surface area contributed by atoms with Crippen LogP contribution in [0, 0.1) is 12.8 Å². The predicted octanol–water partition coefficient (Wildman–Crippen LogP) is 4.56. The molecule has 0 unspecified atom stereocenters. The number of anilines is 3. The lowest BCUT2D eigenvalue weighted by Gasteiger charge is -2.33. The molecule has 172 valence electrons. The molecule has 2 N–H and O–H groups in total. The molecule has 1 aliphatic heterocycles. The number of para-hydroxylation sites is 1. The third-order valence-corrected chi connectivity index (χ3v) is 6.11. The molecule has 0 saturated carbocycles. The van der Waals surface area contributed by atoms with Gasteiger partial charge in [-0.05, 0) is 56.0 Å². The first-order chi connectivity index (χ1) is 16.0. The van der Waals surface area contributed by atoms with Gasteiger partial charge in [-0.1, -0.05) is 37.3 Å². The number of hydrogen-bond donors (Lipinski definition) is 2. The average molecular weight is 446 g/mol. The van der Waals surface area contributed by atoms with Gasteiger partial charge in [0, 0.05) is 31.6 Å². The van der Waals surface area contributed by atoms with Crippen molar-refractivity contribution in [2.75, 3.05) is 28.6 Å². The Kier molecular flexibility index (Phi) is 6.77. The summed E-state index contributed by atoms with van der Waals surface area (Å²) in [6.45, 7) is 6.93. The Bertz CT molecular complexity index is 1130. The molecule has 0 bridgehead atoms. The van der Waals surface area contributed by atoms with E-state index in [-0.39, 0.29) is 17.7 Å². The number of aryl methyl sites for hydroxylation is 2. The maximum absolute atomic E-state index is 12.9. The number of carbonyl (C=O) groups is 2. The number of benzene rings is 2. The van der Waals surface area contributed by atoms with Gasteiger partial charge >= 0.3 is 0 Å². The summed E-state index contributed by atoms with van der Waals surface area (Å²) in [5.74, 6) is 0.751. The molecule has 4 rings (SSSR count). The summed E-state index contributed by atoms with van der Waals surface area (Å²) in [6.07, 6.45) is 2.41.